The summed E-state index contributed by atoms with van der Waals surface area (Å²) >= 11 is 0. The lowest BCUT2D eigenvalue weighted by molar-refractivity contribution is 0.147. The topological polar surface area (TPSA) is 32.3 Å². The molecule has 3 rings (SSSR count). The third-order valence-electron chi connectivity index (χ3n) is 3.16. The standard InChI is InChI=1S/C12H13NO/c14-11-7-3-5-9-8-4-1-2-6-10(8)13-12(9)11/h1-6,9,11-14H,7H2. The SMILES string of the molecule is OC1CC=CC2c3ccccc3NC12. The van der Waals surface area contributed by atoms with E-state index in [2.05, 4.69) is 35.7 Å². The van der Waals surface area contributed by atoms with Gasteiger partial charge >= 0.3 is 0 Å². The second-order valence-electron chi connectivity index (χ2n) is 4.01. The molecule has 14 heavy (non-hydrogen) atoms. The average molecular weight is 187 g/mol. The molecule has 0 bridgehead atoms. The minimum atomic E-state index is -0.252. The first-order valence-electron chi connectivity index (χ1n) is 5.06. The van der Waals surface area contributed by atoms with Crippen LogP contribution >= 0.6 is 0 Å². The van der Waals surface area contributed by atoms with Crippen LogP contribution in [0.4, 0.5) is 5.69 Å². The van der Waals surface area contributed by atoms with Crippen molar-refractivity contribution in [3.05, 3.63) is 42.0 Å². The number of hydrogen-bond donors (Lipinski definition) is 2. The van der Waals surface area contributed by atoms with Crippen LogP contribution in [0.5, 0.6) is 0 Å². The Kier molecular flexibility index (Phi) is 1.64. The van der Waals surface area contributed by atoms with Gasteiger partial charge in [0.05, 0.1) is 12.1 Å². The molecule has 1 aromatic rings. The Labute approximate surface area is 83.3 Å². The maximum absolute atomic E-state index is 9.84. The minimum absolute atomic E-state index is 0.178. The summed E-state index contributed by atoms with van der Waals surface area (Å²) in [4.78, 5) is 0. The molecule has 0 spiro atoms. The van der Waals surface area contributed by atoms with Gasteiger partial charge in [-0.3, -0.25) is 0 Å². The van der Waals surface area contributed by atoms with Gasteiger partial charge in [0.15, 0.2) is 0 Å². The molecule has 1 aliphatic heterocycles. The molecule has 0 saturated heterocycles. The summed E-state index contributed by atoms with van der Waals surface area (Å²) in [6, 6.07) is 8.47. The van der Waals surface area contributed by atoms with Gasteiger partial charge in [0, 0.05) is 11.6 Å². The molecule has 3 atom stereocenters. The van der Waals surface area contributed by atoms with E-state index in [4.69, 9.17) is 0 Å². The van der Waals surface area contributed by atoms with Crippen molar-refractivity contribution in [2.45, 2.75) is 24.5 Å². The van der Waals surface area contributed by atoms with Crippen molar-refractivity contribution in [2.24, 2.45) is 0 Å². The first kappa shape index (κ1) is 8.06. The predicted molar refractivity (Wildman–Crippen MR) is 56.4 cm³/mol. The summed E-state index contributed by atoms with van der Waals surface area (Å²) in [5.41, 5.74) is 2.49. The Morgan fingerprint density at radius 1 is 1.29 bits per heavy atom. The second kappa shape index (κ2) is 2.85. The van der Waals surface area contributed by atoms with Gasteiger partial charge in [-0.05, 0) is 18.1 Å². The molecule has 1 heterocycles. The molecule has 3 unspecified atom stereocenters. The average Bonchev–Trinajstić information content (AvgIpc) is 2.59. The molecule has 0 fully saturated rings. The van der Waals surface area contributed by atoms with E-state index in [0.717, 1.165) is 6.42 Å². The third kappa shape index (κ3) is 1.01. The zero-order valence-corrected chi connectivity index (χ0v) is 7.85. The van der Waals surface area contributed by atoms with Gasteiger partial charge in [-0.15, -0.1) is 0 Å². The lowest BCUT2D eigenvalue weighted by Crippen LogP contribution is -2.35. The van der Waals surface area contributed by atoms with Crippen molar-refractivity contribution in [2.75, 3.05) is 5.32 Å². The van der Waals surface area contributed by atoms with Gasteiger partial charge in [0.25, 0.3) is 0 Å². The number of para-hydroxylation sites is 1. The van der Waals surface area contributed by atoms with E-state index >= 15 is 0 Å². The Bertz CT molecular complexity index is 386. The van der Waals surface area contributed by atoms with Crippen LogP contribution in [0, 0.1) is 0 Å². The summed E-state index contributed by atoms with van der Waals surface area (Å²) in [5, 5.41) is 13.2. The molecule has 0 radical (unpaired) electrons. The Morgan fingerprint density at radius 2 is 2.14 bits per heavy atom. The van der Waals surface area contributed by atoms with E-state index in [0.29, 0.717) is 5.92 Å². The highest BCUT2D eigenvalue weighted by atomic mass is 16.3. The zero-order chi connectivity index (χ0) is 9.54. The number of benzene rings is 1. The Hall–Kier alpha value is -1.28. The highest BCUT2D eigenvalue weighted by Gasteiger charge is 2.36. The number of anilines is 1. The normalized spacial score (nSPS) is 33.4. The quantitative estimate of drug-likeness (QED) is 0.608. The van der Waals surface area contributed by atoms with Crippen molar-refractivity contribution < 1.29 is 5.11 Å². The highest BCUT2D eigenvalue weighted by Crippen LogP contribution is 2.40. The number of rotatable bonds is 0. The van der Waals surface area contributed by atoms with E-state index in [1.807, 2.05) is 6.07 Å². The maximum atomic E-state index is 9.84. The zero-order valence-electron chi connectivity index (χ0n) is 7.85. The molecular weight excluding hydrogens is 174 g/mol. The molecule has 1 aliphatic carbocycles. The first-order valence-corrected chi connectivity index (χ1v) is 5.06. The lowest BCUT2D eigenvalue weighted by Gasteiger charge is -2.26. The van der Waals surface area contributed by atoms with Crippen molar-refractivity contribution in [1.82, 2.24) is 0 Å². The molecule has 2 heteroatoms. The van der Waals surface area contributed by atoms with E-state index in [1.54, 1.807) is 0 Å². The summed E-state index contributed by atoms with van der Waals surface area (Å²) in [6.45, 7) is 0. The van der Waals surface area contributed by atoms with Crippen molar-refractivity contribution in [1.29, 1.82) is 0 Å². The maximum Gasteiger partial charge on any atom is 0.0784 e. The molecule has 2 N–H and O–H groups in total. The van der Waals surface area contributed by atoms with E-state index in [9.17, 15) is 5.11 Å². The minimum Gasteiger partial charge on any atom is -0.391 e. The van der Waals surface area contributed by atoms with E-state index in [-0.39, 0.29) is 12.1 Å². The number of fused-ring (bicyclic) bond motifs is 3. The number of hydrogen-bond acceptors (Lipinski definition) is 2. The van der Waals surface area contributed by atoms with Gasteiger partial charge in [-0.2, -0.15) is 0 Å². The molecule has 1 aromatic carbocycles. The molecule has 0 amide bonds. The highest BCUT2D eigenvalue weighted by molar-refractivity contribution is 5.61. The van der Waals surface area contributed by atoms with Crippen LogP contribution in [0.3, 0.4) is 0 Å². The van der Waals surface area contributed by atoms with E-state index < -0.39 is 0 Å². The van der Waals surface area contributed by atoms with Crippen molar-refractivity contribution >= 4 is 5.69 Å². The van der Waals surface area contributed by atoms with Crippen LogP contribution in [0.1, 0.15) is 17.9 Å². The fourth-order valence-corrected chi connectivity index (χ4v) is 2.45. The lowest BCUT2D eigenvalue weighted by atomic mass is 9.86. The molecule has 2 nitrogen and oxygen atoms in total. The first-order chi connectivity index (χ1) is 6.86. The van der Waals surface area contributed by atoms with Gasteiger partial charge in [0.2, 0.25) is 0 Å². The molecule has 72 valence electrons. The second-order valence-corrected chi connectivity index (χ2v) is 4.01. The van der Waals surface area contributed by atoms with Crippen LogP contribution in [-0.2, 0) is 0 Å². The van der Waals surface area contributed by atoms with Gasteiger partial charge in [-0.1, -0.05) is 30.4 Å². The van der Waals surface area contributed by atoms with Gasteiger partial charge < -0.3 is 10.4 Å². The smallest absolute Gasteiger partial charge is 0.0784 e. The fourth-order valence-electron chi connectivity index (χ4n) is 2.45. The van der Waals surface area contributed by atoms with Crippen LogP contribution in [0.25, 0.3) is 0 Å². The van der Waals surface area contributed by atoms with Crippen molar-refractivity contribution in [3.8, 4) is 0 Å². The molecule has 0 saturated carbocycles. The molecule has 2 aliphatic rings. The van der Waals surface area contributed by atoms with Gasteiger partial charge in [-0.25, -0.2) is 0 Å². The number of nitrogens with one attached hydrogen (secondary N) is 1. The van der Waals surface area contributed by atoms with Crippen LogP contribution < -0.4 is 5.32 Å². The summed E-state index contributed by atoms with van der Waals surface area (Å²) in [5.74, 6) is 0.356. The predicted octanol–water partition coefficient (Wildman–Crippen LogP) is 1.89. The third-order valence-corrected chi connectivity index (χ3v) is 3.16. The number of aliphatic hydroxyl groups is 1. The van der Waals surface area contributed by atoms with Gasteiger partial charge in [0.1, 0.15) is 0 Å². The molecular formula is C12H13NO. The summed E-state index contributed by atoms with van der Waals surface area (Å²) < 4.78 is 0. The summed E-state index contributed by atoms with van der Waals surface area (Å²) in [7, 11) is 0. The Balaban J connectivity index is 2.07. The Morgan fingerprint density at radius 3 is 3.07 bits per heavy atom. The van der Waals surface area contributed by atoms with E-state index in [1.165, 1.54) is 11.3 Å². The summed E-state index contributed by atoms with van der Waals surface area (Å²) in [6.07, 6.45) is 4.80. The molecule has 0 aromatic heterocycles. The monoisotopic (exact) mass is 187 g/mol. The van der Waals surface area contributed by atoms with Crippen LogP contribution in [0.15, 0.2) is 36.4 Å². The largest absolute Gasteiger partial charge is 0.391 e. The number of aliphatic hydroxyl groups excluding tert-OH is 1. The fraction of sp³-hybridized carbons (Fsp3) is 0.333. The van der Waals surface area contributed by atoms with Crippen LogP contribution in [-0.4, -0.2) is 17.3 Å². The van der Waals surface area contributed by atoms with Crippen molar-refractivity contribution in [3.63, 3.8) is 0 Å². The van der Waals surface area contributed by atoms with Crippen LogP contribution in [0.2, 0.25) is 0 Å².